The zero-order chi connectivity index (χ0) is 27.8. The molecular formula is C33H45N3O4. The van der Waals surface area contributed by atoms with Crippen molar-refractivity contribution >= 4 is 10.9 Å². The number of aliphatic hydroxyl groups excluding tert-OH is 2. The molecule has 0 unspecified atom stereocenters. The minimum absolute atomic E-state index is 0.137. The number of likely N-dealkylation sites (tertiary alicyclic amines) is 1. The highest BCUT2D eigenvalue weighted by Gasteiger charge is 2.34. The SMILES string of the molecule is COc1ccc2ncc(CN3CCOCC3)c([C@H](O)CCC3(CO)CCN(CCCc4ccccc4)CC3)c2c1. The lowest BCUT2D eigenvalue weighted by Crippen LogP contribution is -2.42. The number of benzene rings is 2. The van der Waals surface area contributed by atoms with Crippen LogP contribution in [0, 0.1) is 5.41 Å². The van der Waals surface area contributed by atoms with Gasteiger partial charge in [-0.25, -0.2) is 0 Å². The van der Waals surface area contributed by atoms with E-state index >= 15 is 0 Å². The van der Waals surface area contributed by atoms with Crippen LogP contribution in [0.4, 0.5) is 0 Å². The van der Waals surface area contributed by atoms with E-state index in [1.54, 1.807) is 7.11 Å². The molecule has 40 heavy (non-hydrogen) atoms. The molecule has 5 rings (SSSR count). The Balaban J connectivity index is 1.24. The minimum Gasteiger partial charge on any atom is -0.497 e. The van der Waals surface area contributed by atoms with E-state index in [1.165, 1.54) is 5.56 Å². The molecule has 216 valence electrons. The predicted octanol–water partition coefficient (Wildman–Crippen LogP) is 4.60. The van der Waals surface area contributed by atoms with Crippen LogP contribution in [0.1, 0.15) is 54.9 Å². The molecule has 1 atom stereocenters. The van der Waals surface area contributed by atoms with Crippen LogP contribution >= 0.6 is 0 Å². The zero-order valence-corrected chi connectivity index (χ0v) is 23.9. The van der Waals surface area contributed by atoms with Crippen molar-refractivity contribution in [3.8, 4) is 5.75 Å². The molecular weight excluding hydrogens is 502 g/mol. The van der Waals surface area contributed by atoms with E-state index < -0.39 is 6.10 Å². The molecule has 1 aromatic heterocycles. The summed E-state index contributed by atoms with van der Waals surface area (Å²) in [6.45, 7) is 7.22. The topological polar surface area (TPSA) is 78.3 Å². The molecule has 3 heterocycles. The molecule has 2 N–H and O–H groups in total. The number of methoxy groups -OCH3 is 1. The molecule has 7 nitrogen and oxygen atoms in total. The van der Waals surface area contributed by atoms with Crippen LogP contribution in [0.2, 0.25) is 0 Å². The van der Waals surface area contributed by atoms with E-state index in [4.69, 9.17) is 14.5 Å². The second-order valence-electron chi connectivity index (χ2n) is 11.6. The lowest BCUT2D eigenvalue weighted by molar-refractivity contribution is 0.0227. The molecule has 2 aliphatic rings. The van der Waals surface area contributed by atoms with Gasteiger partial charge in [0, 0.05) is 37.8 Å². The summed E-state index contributed by atoms with van der Waals surface area (Å²) in [4.78, 5) is 9.63. The van der Waals surface area contributed by atoms with Gasteiger partial charge in [-0.3, -0.25) is 9.88 Å². The van der Waals surface area contributed by atoms with Crippen LogP contribution in [-0.2, 0) is 17.7 Å². The normalized spacial score (nSPS) is 19.1. The van der Waals surface area contributed by atoms with Crippen molar-refractivity contribution in [3.05, 3.63) is 71.4 Å². The summed E-state index contributed by atoms with van der Waals surface area (Å²) >= 11 is 0. The summed E-state index contributed by atoms with van der Waals surface area (Å²) in [7, 11) is 1.67. The number of piperidine rings is 1. The Kier molecular flexibility index (Phi) is 10.0. The van der Waals surface area contributed by atoms with Crippen LogP contribution in [0.3, 0.4) is 0 Å². The number of aryl methyl sites for hydroxylation is 1. The fraction of sp³-hybridized carbons (Fsp3) is 0.545. The van der Waals surface area contributed by atoms with Gasteiger partial charge in [0.2, 0.25) is 0 Å². The third-order valence-corrected chi connectivity index (χ3v) is 9.01. The first-order valence-corrected chi connectivity index (χ1v) is 14.9. The van der Waals surface area contributed by atoms with E-state index in [0.29, 0.717) is 6.42 Å². The molecule has 0 aliphatic carbocycles. The van der Waals surface area contributed by atoms with Gasteiger partial charge in [-0.15, -0.1) is 0 Å². The first kappa shape index (κ1) is 29.0. The van der Waals surface area contributed by atoms with E-state index in [0.717, 1.165) is 112 Å². The lowest BCUT2D eigenvalue weighted by atomic mass is 9.74. The highest BCUT2D eigenvalue weighted by atomic mass is 16.5. The molecule has 0 saturated carbocycles. The Morgan fingerprint density at radius 1 is 1.02 bits per heavy atom. The maximum absolute atomic E-state index is 11.7. The molecule has 7 heteroatoms. The highest BCUT2D eigenvalue weighted by molar-refractivity contribution is 5.85. The first-order chi connectivity index (χ1) is 19.6. The van der Waals surface area contributed by atoms with Gasteiger partial charge in [-0.2, -0.15) is 0 Å². The van der Waals surface area contributed by atoms with Gasteiger partial charge in [0.15, 0.2) is 0 Å². The Labute approximate surface area is 238 Å². The van der Waals surface area contributed by atoms with E-state index in [1.807, 2.05) is 24.4 Å². The molecule has 2 saturated heterocycles. The lowest BCUT2D eigenvalue weighted by Gasteiger charge is -2.41. The second kappa shape index (κ2) is 13.9. The van der Waals surface area contributed by atoms with Gasteiger partial charge < -0.3 is 24.6 Å². The Bertz CT molecular complexity index is 1210. The minimum atomic E-state index is -0.638. The van der Waals surface area contributed by atoms with Gasteiger partial charge in [0.25, 0.3) is 0 Å². The fourth-order valence-corrected chi connectivity index (χ4v) is 6.36. The summed E-state index contributed by atoms with van der Waals surface area (Å²) in [5.41, 5.74) is 4.12. The van der Waals surface area contributed by atoms with Gasteiger partial charge in [0.1, 0.15) is 5.75 Å². The number of hydrogen-bond donors (Lipinski definition) is 2. The van der Waals surface area contributed by atoms with Crippen LogP contribution in [0.15, 0.2) is 54.7 Å². The monoisotopic (exact) mass is 547 g/mol. The highest BCUT2D eigenvalue weighted by Crippen LogP contribution is 2.40. The largest absolute Gasteiger partial charge is 0.497 e. The molecule has 0 amide bonds. The number of nitrogens with zero attached hydrogens (tertiary/aromatic N) is 3. The first-order valence-electron chi connectivity index (χ1n) is 14.9. The number of hydrogen-bond acceptors (Lipinski definition) is 7. The van der Waals surface area contributed by atoms with Gasteiger partial charge in [0.05, 0.1) is 31.9 Å². The number of rotatable bonds is 12. The smallest absolute Gasteiger partial charge is 0.119 e. The van der Waals surface area contributed by atoms with Crippen molar-refractivity contribution in [1.29, 1.82) is 0 Å². The Hall–Kier alpha value is -2.55. The van der Waals surface area contributed by atoms with E-state index in [9.17, 15) is 10.2 Å². The van der Waals surface area contributed by atoms with Crippen LogP contribution in [0.5, 0.6) is 5.75 Å². The summed E-state index contributed by atoms with van der Waals surface area (Å²) in [5.74, 6) is 0.762. The molecule has 3 aromatic rings. The van der Waals surface area contributed by atoms with Gasteiger partial charge in [-0.05, 0) is 98.5 Å². The third kappa shape index (κ3) is 7.20. The maximum Gasteiger partial charge on any atom is 0.119 e. The number of fused-ring (bicyclic) bond motifs is 1. The number of morpholine rings is 1. The quantitative estimate of drug-likeness (QED) is 0.343. The second-order valence-corrected chi connectivity index (χ2v) is 11.6. The van der Waals surface area contributed by atoms with Crippen LogP contribution in [-0.4, -0.2) is 84.7 Å². The Morgan fingerprint density at radius 2 is 1.80 bits per heavy atom. The van der Waals surface area contributed by atoms with Crippen molar-refractivity contribution in [3.63, 3.8) is 0 Å². The Morgan fingerprint density at radius 3 is 2.52 bits per heavy atom. The summed E-state index contributed by atoms with van der Waals surface area (Å²) < 4.78 is 11.1. The van der Waals surface area contributed by atoms with Gasteiger partial charge >= 0.3 is 0 Å². The van der Waals surface area contributed by atoms with E-state index in [-0.39, 0.29) is 12.0 Å². The van der Waals surface area contributed by atoms with Crippen molar-refractivity contribution in [2.24, 2.45) is 5.41 Å². The molecule has 2 fully saturated rings. The number of aromatic nitrogens is 1. The number of pyridine rings is 1. The van der Waals surface area contributed by atoms with Crippen LogP contribution in [0.25, 0.3) is 10.9 Å². The van der Waals surface area contributed by atoms with Crippen molar-refractivity contribution in [1.82, 2.24) is 14.8 Å². The van der Waals surface area contributed by atoms with Crippen molar-refractivity contribution in [2.75, 3.05) is 59.7 Å². The summed E-state index contributed by atoms with van der Waals surface area (Å²) in [5, 5.41) is 23.2. The van der Waals surface area contributed by atoms with E-state index in [2.05, 4.69) is 40.1 Å². The standard InChI is InChI=1S/C33H45N3O4/c1-39-28-9-10-30-29(22-28)32(27(23-34-30)24-36-18-20-40-21-19-36)31(38)11-12-33(25-37)13-16-35(17-14-33)15-5-8-26-6-3-2-4-7-26/h2-4,6-7,9-10,22-23,31,37-38H,5,8,11-21,24-25H2,1H3/t31-/m1/s1. The average molecular weight is 548 g/mol. The molecule has 2 aliphatic heterocycles. The summed E-state index contributed by atoms with van der Waals surface area (Å²) in [6, 6.07) is 16.6. The molecule has 0 bridgehead atoms. The zero-order valence-electron chi connectivity index (χ0n) is 23.9. The molecule has 2 aromatic carbocycles. The third-order valence-electron chi connectivity index (χ3n) is 9.01. The number of aliphatic hydroxyl groups is 2. The van der Waals surface area contributed by atoms with Crippen LogP contribution < -0.4 is 4.74 Å². The fourth-order valence-electron chi connectivity index (χ4n) is 6.36. The maximum atomic E-state index is 11.7. The molecule has 0 radical (unpaired) electrons. The number of ether oxygens (including phenoxy) is 2. The van der Waals surface area contributed by atoms with Gasteiger partial charge in [-0.1, -0.05) is 30.3 Å². The predicted molar refractivity (Wildman–Crippen MR) is 159 cm³/mol. The van der Waals surface area contributed by atoms with Crippen molar-refractivity contribution < 1.29 is 19.7 Å². The van der Waals surface area contributed by atoms with Crippen molar-refractivity contribution in [2.45, 2.75) is 51.2 Å². The molecule has 0 spiro atoms. The average Bonchev–Trinajstić information content (AvgIpc) is 3.01. The summed E-state index contributed by atoms with van der Waals surface area (Å²) in [6.07, 6.45) is 6.89.